The summed E-state index contributed by atoms with van der Waals surface area (Å²) in [5.41, 5.74) is 0.334. The van der Waals surface area contributed by atoms with Crippen molar-refractivity contribution in [3.63, 3.8) is 0 Å². The van der Waals surface area contributed by atoms with E-state index in [4.69, 9.17) is 4.74 Å². The Balaban J connectivity index is 2.18. The molecule has 0 saturated carbocycles. The lowest BCUT2D eigenvalue weighted by atomic mass is 10.0. The van der Waals surface area contributed by atoms with Crippen LogP contribution in [0.3, 0.4) is 0 Å². The average molecular weight is 324 g/mol. The zero-order chi connectivity index (χ0) is 17.0. The van der Waals surface area contributed by atoms with E-state index in [1.807, 2.05) is 13.0 Å². The molecule has 2 rings (SSSR count). The molecule has 0 unspecified atom stereocenters. The molecule has 0 bridgehead atoms. The summed E-state index contributed by atoms with van der Waals surface area (Å²) in [4.78, 5) is 11.3. The molecule has 0 amide bonds. The fourth-order valence-corrected chi connectivity index (χ4v) is 2.12. The number of carboxylic acid groups (broad SMARTS) is 1. The Morgan fingerprint density at radius 3 is 2.48 bits per heavy atom. The van der Waals surface area contributed by atoms with Gasteiger partial charge in [0.05, 0.1) is 5.56 Å². The molecule has 0 fully saturated rings. The topological polar surface area (TPSA) is 46.5 Å². The molecule has 2 aromatic carbocycles. The van der Waals surface area contributed by atoms with Crippen molar-refractivity contribution in [3.05, 3.63) is 65.2 Å². The van der Waals surface area contributed by atoms with Gasteiger partial charge in [0.2, 0.25) is 0 Å². The zero-order valence-electron chi connectivity index (χ0n) is 12.3. The van der Waals surface area contributed by atoms with Crippen molar-refractivity contribution in [2.24, 2.45) is 0 Å². The van der Waals surface area contributed by atoms with Gasteiger partial charge in [0.15, 0.2) is 6.10 Å². The highest BCUT2D eigenvalue weighted by Crippen LogP contribution is 2.30. The van der Waals surface area contributed by atoms with E-state index in [0.717, 1.165) is 17.7 Å². The quantitative estimate of drug-likeness (QED) is 0.901. The molecule has 0 saturated heterocycles. The summed E-state index contributed by atoms with van der Waals surface area (Å²) < 4.78 is 43.5. The largest absolute Gasteiger partial charge is 0.478 e. The number of benzene rings is 2. The molecule has 0 aliphatic carbocycles. The molecule has 3 nitrogen and oxygen atoms in total. The molecule has 122 valence electrons. The number of carboxylic acids is 1. The minimum absolute atomic E-state index is 0.160. The third-order valence-electron chi connectivity index (χ3n) is 3.22. The summed E-state index contributed by atoms with van der Waals surface area (Å²) in [5, 5.41) is 9.25. The lowest BCUT2D eigenvalue weighted by Crippen LogP contribution is -2.29. The number of aliphatic carboxylic acids is 1. The van der Waals surface area contributed by atoms with Gasteiger partial charge in [-0.15, -0.1) is 0 Å². The van der Waals surface area contributed by atoms with Crippen LogP contribution in [0.15, 0.2) is 48.5 Å². The fraction of sp³-hybridized carbons (Fsp3) is 0.235. The molecule has 0 aliphatic heterocycles. The van der Waals surface area contributed by atoms with Gasteiger partial charge in [-0.1, -0.05) is 30.3 Å². The zero-order valence-corrected chi connectivity index (χ0v) is 12.3. The number of ether oxygens (including phenoxy) is 1. The molecule has 0 spiro atoms. The van der Waals surface area contributed by atoms with Crippen LogP contribution in [0.4, 0.5) is 13.2 Å². The SMILES string of the molecule is Cc1cccc(O[C@@H](Cc2cccc(C(F)(F)F)c2)C(=O)O)c1. The number of aryl methyl sites for hydroxylation is 1. The van der Waals surface area contributed by atoms with Crippen LogP contribution in [0, 0.1) is 6.92 Å². The molecule has 1 N–H and O–H groups in total. The van der Waals surface area contributed by atoms with Crippen LogP contribution in [0.5, 0.6) is 5.75 Å². The van der Waals surface area contributed by atoms with E-state index in [1.54, 1.807) is 18.2 Å². The molecule has 0 radical (unpaired) electrons. The number of hydrogen-bond acceptors (Lipinski definition) is 2. The minimum atomic E-state index is -4.47. The molecule has 2 aromatic rings. The van der Waals surface area contributed by atoms with Crippen molar-refractivity contribution in [1.29, 1.82) is 0 Å². The number of halogens is 3. The molecule has 0 aromatic heterocycles. The van der Waals surface area contributed by atoms with Crippen LogP contribution in [0.2, 0.25) is 0 Å². The van der Waals surface area contributed by atoms with Gasteiger partial charge in [-0.3, -0.25) is 0 Å². The summed E-state index contributed by atoms with van der Waals surface area (Å²) >= 11 is 0. The number of alkyl halides is 3. The van der Waals surface area contributed by atoms with Gasteiger partial charge in [0, 0.05) is 6.42 Å². The number of hydrogen-bond donors (Lipinski definition) is 1. The predicted molar refractivity (Wildman–Crippen MR) is 78.4 cm³/mol. The Morgan fingerprint density at radius 1 is 1.17 bits per heavy atom. The van der Waals surface area contributed by atoms with E-state index in [9.17, 15) is 23.1 Å². The lowest BCUT2D eigenvalue weighted by molar-refractivity contribution is -0.145. The molecule has 6 heteroatoms. The van der Waals surface area contributed by atoms with Gasteiger partial charge >= 0.3 is 12.1 Å². The predicted octanol–water partition coefficient (Wildman–Crippen LogP) is 4.09. The van der Waals surface area contributed by atoms with Crippen molar-refractivity contribution < 1.29 is 27.8 Å². The van der Waals surface area contributed by atoms with Crippen molar-refractivity contribution >= 4 is 5.97 Å². The van der Waals surface area contributed by atoms with Gasteiger partial charge in [-0.25, -0.2) is 4.79 Å². The maximum absolute atomic E-state index is 12.7. The Hall–Kier alpha value is -2.50. The summed E-state index contributed by atoms with van der Waals surface area (Å²) in [5.74, 6) is -0.867. The van der Waals surface area contributed by atoms with Crippen molar-refractivity contribution in [3.8, 4) is 5.75 Å². The lowest BCUT2D eigenvalue weighted by Gasteiger charge is -2.16. The Labute approximate surface area is 131 Å². The first-order chi connectivity index (χ1) is 10.8. The van der Waals surface area contributed by atoms with Gasteiger partial charge in [-0.05, 0) is 36.2 Å². The maximum Gasteiger partial charge on any atom is 0.416 e. The van der Waals surface area contributed by atoms with Crippen LogP contribution in [0.1, 0.15) is 16.7 Å². The highest BCUT2D eigenvalue weighted by atomic mass is 19.4. The number of carbonyl (C=O) groups is 1. The molecule has 0 aliphatic rings. The highest BCUT2D eigenvalue weighted by Gasteiger charge is 2.31. The highest BCUT2D eigenvalue weighted by molar-refractivity contribution is 5.73. The monoisotopic (exact) mass is 324 g/mol. The van der Waals surface area contributed by atoms with Crippen molar-refractivity contribution in [2.45, 2.75) is 25.6 Å². The Kier molecular flexibility index (Phi) is 4.93. The summed E-state index contributed by atoms with van der Waals surface area (Å²) in [6.07, 6.45) is -5.89. The maximum atomic E-state index is 12.7. The van der Waals surface area contributed by atoms with Crippen molar-refractivity contribution in [2.75, 3.05) is 0 Å². The summed E-state index contributed by atoms with van der Waals surface area (Å²) in [6.45, 7) is 1.83. The van der Waals surface area contributed by atoms with E-state index in [0.29, 0.717) is 5.75 Å². The van der Waals surface area contributed by atoms with Gasteiger partial charge in [-0.2, -0.15) is 13.2 Å². The second-order valence-electron chi connectivity index (χ2n) is 5.16. The smallest absolute Gasteiger partial charge is 0.416 e. The van der Waals surface area contributed by atoms with Crippen LogP contribution in [-0.4, -0.2) is 17.2 Å². The second-order valence-corrected chi connectivity index (χ2v) is 5.16. The normalized spacial score (nSPS) is 12.7. The van der Waals surface area contributed by atoms with Crippen LogP contribution < -0.4 is 4.74 Å². The van der Waals surface area contributed by atoms with E-state index < -0.39 is 23.8 Å². The molecule has 1 atom stereocenters. The minimum Gasteiger partial charge on any atom is -0.478 e. The van der Waals surface area contributed by atoms with Crippen LogP contribution in [0.25, 0.3) is 0 Å². The van der Waals surface area contributed by atoms with E-state index in [-0.39, 0.29) is 12.0 Å². The first-order valence-electron chi connectivity index (χ1n) is 6.88. The summed E-state index contributed by atoms with van der Waals surface area (Å²) in [7, 11) is 0. The number of rotatable bonds is 5. The molecular formula is C17H15F3O3. The van der Waals surface area contributed by atoms with E-state index >= 15 is 0 Å². The van der Waals surface area contributed by atoms with Gasteiger partial charge < -0.3 is 9.84 Å². The molecule has 23 heavy (non-hydrogen) atoms. The van der Waals surface area contributed by atoms with E-state index in [2.05, 4.69) is 0 Å². The van der Waals surface area contributed by atoms with E-state index in [1.165, 1.54) is 12.1 Å². The van der Waals surface area contributed by atoms with Crippen LogP contribution in [-0.2, 0) is 17.4 Å². The first kappa shape index (κ1) is 16.9. The molecule has 0 heterocycles. The third-order valence-corrected chi connectivity index (χ3v) is 3.22. The van der Waals surface area contributed by atoms with Crippen LogP contribution >= 0.6 is 0 Å². The second kappa shape index (κ2) is 6.73. The first-order valence-corrected chi connectivity index (χ1v) is 6.88. The Morgan fingerprint density at radius 2 is 1.87 bits per heavy atom. The fourth-order valence-electron chi connectivity index (χ4n) is 2.12. The molecular weight excluding hydrogens is 309 g/mol. The van der Waals surface area contributed by atoms with Gasteiger partial charge in [0.1, 0.15) is 5.75 Å². The third kappa shape index (κ3) is 4.74. The standard InChI is InChI=1S/C17H15F3O3/c1-11-4-2-7-14(8-11)23-15(16(21)22)10-12-5-3-6-13(9-12)17(18,19)20/h2-9,15H,10H2,1H3,(H,21,22)/t15-/m0/s1. The Bertz CT molecular complexity index is 695. The van der Waals surface area contributed by atoms with Gasteiger partial charge in [0.25, 0.3) is 0 Å². The summed E-state index contributed by atoms with van der Waals surface area (Å²) in [6, 6.07) is 11.4. The average Bonchev–Trinajstić information content (AvgIpc) is 2.46. The van der Waals surface area contributed by atoms with Crippen molar-refractivity contribution in [1.82, 2.24) is 0 Å².